The van der Waals surface area contributed by atoms with E-state index in [9.17, 15) is 14.9 Å². The van der Waals surface area contributed by atoms with Crippen molar-refractivity contribution in [1.82, 2.24) is 5.32 Å². The number of hydrogen-bond acceptors (Lipinski definition) is 5. The molecule has 1 N–H and O–H groups in total. The summed E-state index contributed by atoms with van der Waals surface area (Å²) in [6.45, 7) is 11.6. The number of benzene rings is 1. The van der Waals surface area contributed by atoms with Gasteiger partial charge < -0.3 is 10.1 Å². The third kappa shape index (κ3) is 5.11. The Morgan fingerprint density at radius 2 is 1.86 bits per heavy atom. The molecular weight excluding hydrogens is 284 g/mol. The molecule has 1 aromatic carbocycles. The molecule has 0 bridgehead atoms. The van der Waals surface area contributed by atoms with E-state index in [0.29, 0.717) is 12.4 Å². The molecule has 22 heavy (non-hydrogen) atoms. The van der Waals surface area contributed by atoms with Crippen molar-refractivity contribution in [1.29, 1.82) is 0 Å². The van der Waals surface area contributed by atoms with Gasteiger partial charge in [-0.05, 0) is 51.8 Å². The maximum absolute atomic E-state index is 10.7. The first-order chi connectivity index (χ1) is 10.2. The highest BCUT2D eigenvalue weighted by molar-refractivity contribution is 5.48. The highest BCUT2D eigenvalue weighted by atomic mass is 16.6. The van der Waals surface area contributed by atoms with Crippen LogP contribution in [0.4, 0.5) is 5.69 Å². The molecule has 1 heterocycles. The zero-order valence-corrected chi connectivity index (χ0v) is 13.8. The summed E-state index contributed by atoms with van der Waals surface area (Å²) in [5.74, 6) is 0.532. The number of carbonyl (C=O) groups is 1. The van der Waals surface area contributed by atoms with Crippen LogP contribution >= 0.6 is 0 Å². The molecule has 0 unspecified atom stereocenters. The lowest BCUT2D eigenvalue weighted by atomic mass is 9.88. The van der Waals surface area contributed by atoms with Crippen LogP contribution in [0, 0.1) is 24.0 Å². The zero-order valence-electron chi connectivity index (χ0n) is 13.8. The fourth-order valence-electron chi connectivity index (χ4n) is 2.11. The first-order valence-electron chi connectivity index (χ1n) is 7.23. The molecule has 1 aromatic rings. The van der Waals surface area contributed by atoms with Crippen molar-refractivity contribution in [2.75, 3.05) is 13.1 Å². The first kappa shape index (κ1) is 18.1. The fraction of sp³-hybridized carbons (Fsp3) is 0.562. The van der Waals surface area contributed by atoms with Crippen LogP contribution in [0.25, 0.3) is 0 Å². The fourth-order valence-corrected chi connectivity index (χ4v) is 2.11. The number of ether oxygens (including phenoxy) is 1. The molecule has 0 saturated carbocycles. The normalized spacial score (nSPS) is 14.4. The monoisotopic (exact) mass is 308 g/mol. The second-order valence-corrected chi connectivity index (χ2v) is 6.43. The van der Waals surface area contributed by atoms with Crippen LogP contribution < -0.4 is 5.32 Å². The number of hydrogen-bond donors (Lipinski definition) is 1. The Morgan fingerprint density at radius 3 is 2.18 bits per heavy atom. The number of nitrogens with zero attached hydrogens (tertiary/aromatic N) is 1. The standard InChI is InChI=1S/C11H14N2O2.C5H10O2/c1-7-4-11(13(14)15)8(2)3-10(7)9-5-12-6-9;1-5(2,3)7-4-6/h3-4,9,12H,5-6H2,1-2H3;4H,1-3H3. The lowest BCUT2D eigenvalue weighted by molar-refractivity contribution is -0.385. The van der Waals surface area contributed by atoms with Crippen molar-refractivity contribution >= 4 is 12.2 Å². The summed E-state index contributed by atoms with van der Waals surface area (Å²) in [4.78, 5) is 20.0. The molecule has 0 atom stereocenters. The molecule has 0 radical (unpaired) electrons. The number of nitro groups is 1. The van der Waals surface area contributed by atoms with Gasteiger partial charge in [0.1, 0.15) is 5.60 Å². The summed E-state index contributed by atoms with van der Waals surface area (Å²) >= 11 is 0. The highest BCUT2D eigenvalue weighted by Crippen LogP contribution is 2.29. The van der Waals surface area contributed by atoms with Crippen molar-refractivity contribution < 1.29 is 14.5 Å². The van der Waals surface area contributed by atoms with Gasteiger partial charge in [0.25, 0.3) is 12.2 Å². The second kappa shape index (κ2) is 7.35. The quantitative estimate of drug-likeness (QED) is 0.527. The van der Waals surface area contributed by atoms with Gasteiger partial charge in [-0.1, -0.05) is 0 Å². The molecule has 2 rings (SSSR count). The van der Waals surface area contributed by atoms with Gasteiger partial charge in [0.2, 0.25) is 0 Å². The summed E-state index contributed by atoms with van der Waals surface area (Å²) < 4.78 is 4.55. The molecule has 0 amide bonds. The number of nitro benzene ring substituents is 1. The van der Waals surface area contributed by atoms with Crippen LogP contribution in [-0.2, 0) is 9.53 Å². The predicted molar refractivity (Wildman–Crippen MR) is 85.1 cm³/mol. The van der Waals surface area contributed by atoms with Gasteiger partial charge in [-0.25, -0.2) is 0 Å². The van der Waals surface area contributed by atoms with Crippen LogP contribution in [0.5, 0.6) is 0 Å². The van der Waals surface area contributed by atoms with E-state index >= 15 is 0 Å². The molecule has 6 nitrogen and oxygen atoms in total. The van der Waals surface area contributed by atoms with E-state index in [-0.39, 0.29) is 16.2 Å². The molecule has 1 saturated heterocycles. The van der Waals surface area contributed by atoms with Gasteiger partial charge >= 0.3 is 0 Å². The number of aryl methyl sites for hydroxylation is 2. The Hall–Kier alpha value is -1.95. The van der Waals surface area contributed by atoms with Crippen molar-refractivity contribution in [3.05, 3.63) is 38.9 Å². The van der Waals surface area contributed by atoms with Gasteiger partial charge in [-0.15, -0.1) is 0 Å². The third-order valence-corrected chi connectivity index (χ3v) is 3.40. The minimum atomic E-state index is -0.318. The summed E-state index contributed by atoms with van der Waals surface area (Å²) in [5.41, 5.74) is 2.94. The van der Waals surface area contributed by atoms with Gasteiger partial charge in [0.05, 0.1) is 4.92 Å². The summed E-state index contributed by atoms with van der Waals surface area (Å²) in [6, 6.07) is 3.64. The Balaban J connectivity index is 0.000000295. The predicted octanol–water partition coefficient (Wildman–Crippen LogP) is 2.86. The molecule has 1 aliphatic heterocycles. The minimum Gasteiger partial charge on any atom is -0.462 e. The van der Waals surface area contributed by atoms with Gasteiger partial charge in [0.15, 0.2) is 0 Å². The Bertz CT molecular complexity index is 546. The van der Waals surface area contributed by atoms with Crippen molar-refractivity contribution in [2.24, 2.45) is 0 Å². The molecule has 0 aromatic heterocycles. The summed E-state index contributed by atoms with van der Waals surface area (Å²) in [5, 5.41) is 13.9. The largest absolute Gasteiger partial charge is 0.462 e. The smallest absolute Gasteiger partial charge is 0.293 e. The van der Waals surface area contributed by atoms with E-state index in [2.05, 4.69) is 10.1 Å². The van der Waals surface area contributed by atoms with Crippen LogP contribution in [0.1, 0.15) is 43.4 Å². The van der Waals surface area contributed by atoms with Crippen molar-refractivity contribution in [3.63, 3.8) is 0 Å². The Kier molecular flexibility index (Phi) is 6.05. The van der Waals surface area contributed by atoms with Gasteiger partial charge in [-0.2, -0.15) is 0 Å². The van der Waals surface area contributed by atoms with Crippen molar-refractivity contribution in [3.8, 4) is 0 Å². The molecule has 122 valence electrons. The van der Waals surface area contributed by atoms with Crippen LogP contribution in [0.2, 0.25) is 0 Å². The molecule has 1 aliphatic rings. The van der Waals surface area contributed by atoms with Crippen molar-refractivity contribution in [2.45, 2.75) is 46.1 Å². The average molecular weight is 308 g/mol. The summed E-state index contributed by atoms with van der Waals surface area (Å²) in [7, 11) is 0. The van der Waals surface area contributed by atoms with Gasteiger partial charge in [-0.3, -0.25) is 14.9 Å². The number of carbonyl (C=O) groups excluding carboxylic acids is 1. The topological polar surface area (TPSA) is 81.5 Å². The Labute approximate surface area is 131 Å². The average Bonchev–Trinajstić information content (AvgIpc) is 2.30. The van der Waals surface area contributed by atoms with E-state index in [4.69, 9.17) is 0 Å². The molecule has 0 aliphatic carbocycles. The number of nitrogens with one attached hydrogen (secondary N) is 1. The molecule has 1 fully saturated rings. The van der Waals surface area contributed by atoms with E-state index in [0.717, 1.165) is 24.2 Å². The molecular formula is C16H24N2O4. The highest BCUT2D eigenvalue weighted by Gasteiger charge is 2.23. The molecule has 6 heteroatoms. The van der Waals surface area contributed by atoms with E-state index < -0.39 is 0 Å². The minimum absolute atomic E-state index is 0.225. The zero-order chi connectivity index (χ0) is 16.9. The number of rotatable bonds is 3. The molecule has 0 spiro atoms. The van der Waals surface area contributed by atoms with E-state index in [1.807, 2.05) is 33.8 Å². The first-order valence-corrected chi connectivity index (χ1v) is 7.23. The lowest BCUT2D eigenvalue weighted by Gasteiger charge is -2.29. The summed E-state index contributed by atoms with van der Waals surface area (Å²) in [6.07, 6.45) is 0. The van der Waals surface area contributed by atoms with E-state index in [1.165, 1.54) is 5.56 Å². The lowest BCUT2D eigenvalue weighted by Crippen LogP contribution is -2.40. The third-order valence-electron chi connectivity index (χ3n) is 3.40. The van der Waals surface area contributed by atoms with Gasteiger partial charge in [0, 0.05) is 30.6 Å². The maximum Gasteiger partial charge on any atom is 0.293 e. The van der Waals surface area contributed by atoms with E-state index in [1.54, 1.807) is 13.0 Å². The van der Waals surface area contributed by atoms with Crippen LogP contribution in [-0.4, -0.2) is 30.1 Å². The SMILES string of the molecule is CC(C)(C)OC=O.Cc1cc([N+](=O)[O-])c(C)cc1C1CNC1. The Morgan fingerprint density at radius 1 is 1.27 bits per heavy atom. The maximum atomic E-state index is 10.7. The van der Waals surface area contributed by atoms with Crippen LogP contribution in [0.3, 0.4) is 0 Å². The second-order valence-electron chi connectivity index (χ2n) is 6.43. The van der Waals surface area contributed by atoms with Crippen LogP contribution in [0.15, 0.2) is 12.1 Å².